The lowest BCUT2D eigenvalue weighted by Gasteiger charge is -2.21. The fraction of sp³-hybridized carbons (Fsp3) is 0.600. The molecule has 0 radical (unpaired) electrons. The molecule has 1 aromatic rings. The second-order valence-electron chi connectivity index (χ2n) is 5.46. The molecule has 2 atom stereocenters. The summed E-state index contributed by atoms with van der Waals surface area (Å²) in [5.74, 6) is 2.00. The van der Waals surface area contributed by atoms with Gasteiger partial charge in [0.2, 0.25) is 0 Å². The summed E-state index contributed by atoms with van der Waals surface area (Å²) in [7, 11) is 0. The molecule has 0 fully saturated rings. The highest BCUT2D eigenvalue weighted by Crippen LogP contribution is 2.27. The molecule has 0 bridgehead atoms. The average Bonchev–Trinajstić information content (AvgIpc) is 2.24. The summed E-state index contributed by atoms with van der Waals surface area (Å²) >= 11 is 3.53. The van der Waals surface area contributed by atoms with E-state index >= 15 is 0 Å². The molecule has 0 heterocycles. The lowest BCUT2D eigenvalue weighted by molar-refractivity contribution is 0.386. The highest BCUT2D eigenvalue weighted by Gasteiger charge is 2.15. The SMILES string of the molecule is CC(C)CC(C)CC(CN)c1cccc(Br)c1. The van der Waals surface area contributed by atoms with Crippen molar-refractivity contribution in [3.8, 4) is 0 Å². The van der Waals surface area contributed by atoms with Crippen molar-refractivity contribution in [2.24, 2.45) is 17.6 Å². The molecule has 0 aromatic heterocycles. The van der Waals surface area contributed by atoms with Crippen molar-refractivity contribution < 1.29 is 0 Å². The van der Waals surface area contributed by atoms with E-state index in [0.29, 0.717) is 5.92 Å². The van der Waals surface area contributed by atoms with Crippen LogP contribution in [0, 0.1) is 11.8 Å². The van der Waals surface area contributed by atoms with Gasteiger partial charge in [-0.3, -0.25) is 0 Å². The monoisotopic (exact) mass is 297 g/mol. The van der Waals surface area contributed by atoms with Crippen LogP contribution in [0.1, 0.15) is 45.1 Å². The van der Waals surface area contributed by atoms with Crippen LogP contribution in [0.5, 0.6) is 0 Å². The van der Waals surface area contributed by atoms with E-state index in [-0.39, 0.29) is 0 Å². The van der Waals surface area contributed by atoms with Crippen LogP contribution in [0.3, 0.4) is 0 Å². The lowest BCUT2D eigenvalue weighted by atomic mass is 9.86. The molecule has 0 spiro atoms. The van der Waals surface area contributed by atoms with Gasteiger partial charge >= 0.3 is 0 Å². The first-order valence-corrected chi connectivity index (χ1v) is 7.27. The van der Waals surface area contributed by atoms with Crippen molar-refractivity contribution >= 4 is 15.9 Å². The second kappa shape index (κ2) is 7.17. The molecule has 17 heavy (non-hydrogen) atoms. The number of benzene rings is 1. The van der Waals surface area contributed by atoms with Crippen molar-refractivity contribution in [2.45, 2.75) is 39.5 Å². The van der Waals surface area contributed by atoms with E-state index in [2.05, 4.69) is 61.0 Å². The maximum absolute atomic E-state index is 5.92. The van der Waals surface area contributed by atoms with Crippen LogP contribution in [0.15, 0.2) is 28.7 Å². The molecule has 2 unspecified atom stereocenters. The first kappa shape index (κ1) is 14.7. The Labute approximate surface area is 114 Å². The molecule has 2 N–H and O–H groups in total. The Bertz CT molecular complexity index is 335. The summed E-state index contributed by atoms with van der Waals surface area (Å²) in [6.45, 7) is 7.64. The van der Waals surface area contributed by atoms with Crippen LogP contribution < -0.4 is 5.73 Å². The van der Waals surface area contributed by atoms with Gasteiger partial charge in [-0.05, 0) is 54.8 Å². The Kier molecular flexibility index (Phi) is 6.21. The maximum atomic E-state index is 5.92. The Morgan fingerprint density at radius 3 is 2.41 bits per heavy atom. The molecule has 96 valence electrons. The molecule has 0 aliphatic rings. The van der Waals surface area contributed by atoms with Gasteiger partial charge in [0.15, 0.2) is 0 Å². The van der Waals surface area contributed by atoms with E-state index < -0.39 is 0 Å². The summed E-state index contributed by atoms with van der Waals surface area (Å²) < 4.78 is 1.14. The summed E-state index contributed by atoms with van der Waals surface area (Å²) in [5, 5.41) is 0. The van der Waals surface area contributed by atoms with Gasteiger partial charge in [0.25, 0.3) is 0 Å². The largest absolute Gasteiger partial charge is 0.330 e. The second-order valence-corrected chi connectivity index (χ2v) is 6.37. The molecule has 1 rings (SSSR count). The van der Waals surface area contributed by atoms with Crippen LogP contribution in [-0.2, 0) is 0 Å². The van der Waals surface area contributed by atoms with Gasteiger partial charge in [-0.15, -0.1) is 0 Å². The van der Waals surface area contributed by atoms with Gasteiger partial charge in [0.05, 0.1) is 0 Å². The Morgan fingerprint density at radius 1 is 1.18 bits per heavy atom. The first-order valence-electron chi connectivity index (χ1n) is 6.48. The van der Waals surface area contributed by atoms with Crippen molar-refractivity contribution in [2.75, 3.05) is 6.54 Å². The van der Waals surface area contributed by atoms with Gasteiger partial charge in [0, 0.05) is 4.47 Å². The van der Waals surface area contributed by atoms with Crippen LogP contribution in [0.2, 0.25) is 0 Å². The first-order chi connectivity index (χ1) is 8.02. The molecular weight excluding hydrogens is 274 g/mol. The van der Waals surface area contributed by atoms with Gasteiger partial charge in [0.1, 0.15) is 0 Å². The predicted octanol–water partition coefficient (Wildman–Crippen LogP) is 4.56. The minimum atomic E-state index is 0.487. The van der Waals surface area contributed by atoms with Gasteiger partial charge in [-0.2, -0.15) is 0 Å². The molecule has 0 aliphatic heterocycles. The zero-order valence-corrected chi connectivity index (χ0v) is 12.7. The fourth-order valence-electron chi connectivity index (χ4n) is 2.52. The number of hydrogen-bond donors (Lipinski definition) is 1. The predicted molar refractivity (Wildman–Crippen MR) is 79.2 cm³/mol. The summed E-state index contributed by atoms with van der Waals surface area (Å²) in [6.07, 6.45) is 2.47. The van der Waals surface area contributed by atoms with Crippen molar-refractivity contribution in [3.05, 3.63) is 34.3 Å². The van der Waals surface area contributed by atoms with Crippen molar-refractivity contribution in [3.63, 3.8) is 0 Å². The summed E-state index contributed by atoms with van der Waals surface area (Å²) in [5.41, 5.74) is 7.28. The molecule has 2 heteroatoms. The Balaban J connectivity index is 2.65. The van der Waals surface area contributed by atoms with Crippen LogP contribution in [0.4, 0.5) is 0 Å². The van der Waals surface area contributed by atoms with Crippen molar-refractivity contribution in [1.29, 1.82) is 0 Å². The van der Waals surface area contributed by atoms with Crippen LogP contribution in [-0.4, -0.2) is 6.54 Å². The van der Waals surface area contributed by atoms with E-state index in [9.17, 15) is 0 Å². The molecule has 0 saturated carbocycles. The van der Waals surface area contributed by atoms with E-state index in [1.807, 2.05) is 0 Å². The van der Waals surface area contributed by atoms with E-state index in [4.69, 9.17) is 5.73 Å². The molecule has 0 amide bonds. The third-order valence-corrected chi connectivity index (χ3v) is 3.66. The fourth-order valence-corrected chi connectivity index (χ4v) is 2.93. The molecule has 0 saturated heterocycles. The number of hydrogen-bond acceptors (Lipinski definition) is 1. The van der Waals surface area contributed by atoms with Gasteiger partial charge < -0.3 is 5.73 Å². The number of halogens is 1. The van der Waals surface area contributed by atoms with Crippen LogP contribution in [0.25, 0.3) is 0 Å². The lowest BCUT2D eigenvalue weighted by Crippen LogP contribution is -2.16. The normalized spacial score (nSPS) is 14.9. The van der Waals surface area contributed by atoms with E-state index in [1.54, 1.807) is 0 Å². The molecule has 1 nitrogen and oxygen atoms in total. The topological polar surface area (TPSA) is 26.0 Å². The third kappa shape index (κ3) is 5.22. The number of rotatable bonds is 6. The quantitative estimate of drug-likeness (QED) is 0.818. The van der Waals surface area contributed by atoms with Gasteiger partial charge in [-0.1, -0.05) is 48.8 Å². The summed E-state index contributed by atoms with van der Waals surface area (Å²) in [4.78, 5) is 0. The minimum absolute atomic E-state index is 0.487. The summed E-state index contributed by atoms with van der Waals surface area (Å²) in [6, 6.07) is 8.54. The standard InChI is InChI=1S/C15H24BrN/c1-11(2)7-12(3)8-14(10-17)13-5-4-6-15(16)9-13/h4-6,9,11-12,14H,7-8,10,17H2,1-3H3. The molecule has 0 aliphatic carbocycles. The third-order valence-electron chi connectivity index (χ3n) is 3.17. The minimum Gasteiger partial charge on any atom is -0.330 e. The molecular formula is C15H24BrN. The maximum Gasteiger partial charge on any atom is 0.0178 e. The van der Waals surface area contributed by atoms with Crippen molar-refractivity contribution in [1.82, 2.24) is 0 Å². The average molecular weight is 298 g/mol. The highest BCUT2D eigenvalue weighted by molar-refractivity contribution is 9.10. The number of nitrogens with two attached hydrogens (primary N) is 1. The highest BCUT2D eigenvalue weighted by atomic mass is 79.9. The van der Waals surface area contributed by atoms with E-state index in [0.717, 1.165) is 22.9 Å². The van der Waals surface area contributed by atoms with Gasteiger partial charge in [-0.25, -0.2) is 0 Å². The Hall–Kier alpha value is -0.340. The smallest absolute Gasteiger partial charge is 0.0178 e. The zero-order chi connectivity index (χ0) is 12.8. The molecule has 1 aromatic carbocycles. The van der Waals surface area contributed by atoms with E-state index in [1.165, 1.54) is 18.4 Å². The van der Waals surface area contributed by atoms with Crippen LogP contribution >= 0.6 is 15.9 Å². The Morgan fingerprint density at radius 2 is 1.88 bits per heavy atom. The zero-order valence-electron chi connectivity index (χ0n) is 11.1.